The molecule has 1 saturated carbocycles. The Hall–Kier alpha value is -1.30. The van der Waals surface area contributed by atoms with Gasteiger partial charge in [-0.05, 0) is 25.0 Å². The molecule has 20 heavy (non-hydrogen) atoms. The molecule has 0 radical (unpaired) electrons. The Balaban J connectivity index is 1.97. The maximum Gasteiger partial charge on any atom is 0.317 e. The standard InChI is InChI=1S/C13H14Cl2N2O3/c14-9-2-1-3-10(13(9)15)16-11(18)6-17(7-12(19)20)8-4-5-8/h1-3,8H,4-7H2,(H,16,18)(H,19,20). The Kier molecular flexibility index (Phi) is 4.86. The highest BCUT2D eigenvalue weighted by molar-refractivity contribution is 6.43. The third-order valence-electron chi connectivity index (χ3n) is 2.97. The molecule has 0 atom stereocenters. The maximum absolute atomic E-state index is 12.0. The van der Waals surface area contributed by atoms with E-state index in [0.29, 0.717) is 10.7 Å². The van der Waals surface area contributed by atoms with Crippen LogP contribution in [0.1, 0.15) is 12.8 Å². The summed E-state index contributed by atoms with van der Waals surface area (Å²) >= 11 is 11.8. The third-order valence-corrected chi connectivity index (χ3v) is 3.79. The first kappa shape index (κ1) is 15.1. The number of nitrogens with one attached hydrogen (secondary N) is 1. The molecule has 2 rings (SSSR count). The maximum atomic E-state index is 12.0. The van der Waals surface area contributed by atoms with Crippen molar-refractivity contribution in [1.82, 2.24) is 4.90 Å². The van der Waals surface area contributed by atoms with Gasteiger partial charge in [-0.2, -0.15) is 0 Å². The zero-order valence-corrected chi connectivity index (χ0v) is 12.1. The fraction of sp³-hybridized carbons (Fsp3) is 0.385. The Morgan fingerprint density at radius 3 is 2.60 bits per heavy atom. The predicted octanol–water partition coefficient (Wildman–Crippen LogP) is 2.48. The minimum atomic E-state index is -0.939. The quantitative estimate of drug-likeness (QED) is 0.846. The van der Waals surface area contributed by atoms with E-state index in [9.17, 15) is 9.59 Å². The normalized spacial score (nSPS) is 14.3. The minimum Gasteiger partial charge on any atom is -0.480 e. The number of carboxylic acid groups (broad SMARTS) is 1. The summed E-state index contributed by atoms with van der Waals surface area (Å²) in [7, 11) is 0. The van der Waals surface area contributed by atoms with Crippen LogP contribution >= 0.6 is 23.2 Å². The van der Waals surface area contributed by atoms with E-state index in [4.69, 9.17) is 28.3 Å². The van der Waals surface area contributed by atoms with Crippen LogP contribution < -0.4 is 5.32 Å². The van der Waals surface area contributed by atoms with Crippen LogP contribution in [0.25, 0.3) is 0 Å². The molecule has 1 aliphatic carbocycles. The Morgan fingerprint density at radius 2 is 2.00 bits per heavy atom. The molecular weight excluding hydrogens is 303 g/mol. The van der Waals surface area contributed by atoms with E-state index in [0.717, 1.165) is 12.8 Å². The van der Waals surface area contributed by atoms with E-state index >= 15 is 0 Å². The first-order valence-corrected chi connectivity index (χ1v) is 6.92. The summed E-state index contributed by atoms with van der Waals surface area (Å²) in [5.41, 5.74) is 0.426. The molecule has 7 heteroatoms. The molecule has 0 aliphatic heterocycles. The van der Waals surface area contributed by atoms with Gasteiger partial charge >= 0.3 is 5.97 Å². The lowest BCUT2D eigenvalue weighted by atomic mass is 10.3. The van der Waals surface area contributed by atoms with Crippen molar-refractivity contribution in [2.24, 2.45) is 0 Å². The summed E-state index contributed by atoms with van der Waals surface area (Å²) < 4.78 is 0. The number of nitrogens with zero attached hydrogens (tertiary/aromatic N) is 1. The van der Waals surface area contributed by atoms with E-state index in [1.807, 2.05) is 0 Å². The lowest BCUT2D eigenvalue weighted by molar-refractivity contribution is -0.138. The number of carboxylic acids is 1. The van der Waals surface area contributed by atoms with Gasteiger partial charge in [-0.1, -0.05) is 29.3 Å². The zero-order chi connectivity index (χ0) is 14.7. The predicted molar refractivity (Wildman–Crippen MR) is 77.3 cm³/mol. The van der Waals surface area contributed by atoms with Crippen molar-refractivity contribution in [3.63, 3.8) is 0 Å². The number of carbonyl (C=O) groups is 2. The van der Waals surface area contributed by atoms with Crippen molar-refractivity contribution in [2.45, 2.75) is 18.9 Å². The first-order valence-electron chi connectivity index (χ1n) is 6.17. The molecule has 0 saturated heterocycles. The van der Waals surface area contributed by atoms with E-state index in [2.05, 4.69) is 5.32 Å². The van der Waals surface area contributed by atoms with Crippen molar-refractivity contribution in [1.29, 1.82) is 0 Å². The highest BCUT2D eigenvalue weighted by Crippen LogP contribution is 2.30. The number of amides is 1. The fourth-order valence-corrected chi connectivity index (χ4v) is 2.25. The van der Waals surface area contributed by atoms with Gasteiger partial charge in [-0.15, -0.1) is 0 Å². The van der Waals surface area contributed by atoms with Gasteiger partial charge in [0.25, 0.3) is 0 Å². The van der Waals surface area contributed by atoms with Crippen LogP contribution in [0.4, 0.5) is 5.69 Å². The third kappa shape index (κ3) is 4.10. The summed E-state index contributed by atoms with van der Waals surface area (Å²) in [4.78, 5) is 24.4. The van der Waals surface area contributed by atoms with Crippen molar-refractivity contribution < 1.29 is 14.7 Å². The summed E-state index contributed by atoms with van der Waals surface area (Å²) in [6.07, 6.45) is 1.86. The van der Waals surface area contributed by atoms with Crippen molar-refractivity contribution in [3.8, 4) is 0 Å². The fourth-order valence-electron chi connectivity index (χ4n) is 1.90. The number of hydrogen-bond acceptors (Lipinski definition) is 3. The van der Waals surface area contributed by atoms with Crippen LogP contribution in [-0.2, 0) is 9.59 Å². The highest BCUT2D eigenvalue weighted by atomic mass is 35.5. The van der Waals surface area contributed by atoms with Gasteiger partial charge in [-0.3, -0.25) is 14.5 Å². The SMILES string of the molecule is O=C(O)CN(CC(=O)Nc1cccc(Cl)c1Cl)C1CC1. The summed E-state index contributed by atoms with van der Waals surface area (Å²) in [6, 6.07) is 5.14. The van der Waals surface area contributed by atoms with Crippen molar-refractivity contribution in [2.75, 3.05) is 18.4 Å². The van der Waals surface area contributed by atoms with Gasteiger partial charge in [-0.25, -0.2) is 0 Å². The smallest absolute Gasteiger partial charge is 0.317 e. The number of aliphatic carboxylic acids is 1. The molecule has 0 spiro atoms. The van der Waals surface area contributed by atoms with Crippen molar-refractivity contribution >= 4 is 40.8 Å². The number of anilines is 1. The van der Waals surface area contributed by atoms with Gasteiger partial charge in [0.15, 0.2) is 0 Å². The average Bonchev–Trinajstić information content (AvgIpc) is 3.17. The van der Waals surface area contributed by atoms with Gasteiger partial charge in [0, 0.05) is 6.04 Å². The second kappa shape index (κ2) is 6.43. The molecule has 0 heterocycles. The van der Waals surface area contributed by atoms with Gasteiger partial charge in [0.05, 0.1) is 28.8 Å². The molecule has 1 aromatic rings. The van der Waals surface area contributed by atoms with Gasteiger partial charge in [0.1, 0.15) is 0 Å². The van der Waals surface area contributed by atoms with E-state index in [1.54, 1.807) is 23.1 Å². The molecule has 0 aromatic heterocycles. The van der Waals surface area contributed by atoms with Crippen LogP contribution in [0.3, 0.4) is 0 Å². The van der Waals surface area contributed by atoms with Crippen LogP contribution in [-0.4, -0.2) is 41.0 Å². The Bertz CT molecular complexity index is 532. The Morgan fingerprint density at radius 1 is 1.30 bits per heavy atom. The molecule has 2 N–H and O–H groups in total. The number of rotatable bonds is 6. The second-order valence-corrected chi connectivity index (χ2v) is 5.46. The van der Waals surface area contributed by atoms with Gasteiger partial charge < -0.3 is 10.4 Å². The van der Waals surface area contributed by atoms with Gasteiger partial charge in [0.2, 0.25) is 5.91 Å². The number of carbonyl (C=O) groups excluding carboxylic acids is 1. The highest BCUT2D eigenvalue weighted by Gasteiger charge is 2.31. The lowest BCUT2D eigenvalue weighted by Gasteiger charge is -2.19. The molecule has 0 unspecified atom stereocenters. The van der Waals surface area contributed by atoms with Crippen LogP contribution in [0.2, 0.25) is 10.0 Å². The van der Waals surface area contributed by atoms with E-state index in [-0.39, 0.29) is 30.1 Å². The largest absolute Gasteiger partial charge is 0.480 e. The number of hydrogen-bond donors (Lipinski definition) is 2. The zero-order valence-electron chi connectivity index (χ0n) is 10.6. The average molecular weight is 317 g/mol. The lowest BCUT2D eigenvalue weighted by Crippen LogP contribution is -2.38. The Labute approximate surface area is 126 Å². The van der Waals surface area contributed by atoms with Crippen LogP contribution in [0.5, 0.6) is 0 Å². The minimum absolute atomic E-state index is 0.0276. The molecule has 5 nitrogen and oxygen atoms in total. The van der Waals surface area contributed by atoms with E-state index < -0.39 is 5.97 Å². The molecular formula is C13H14Cl2N2O3. The summed E-state index contributed by atoms with van der Waals surface area (Å²) in [6.45, 7) is -0.110. The molecule has 1 fully saturated rings. The topological polar surface area (TPSA) is 69.6 Å². The number of halogens is 2. The first-order chi connectivity index (χ1) is 9.47. The van der Waals surface area contributed by atoms with Crippen LogP contribution in [0, 0.1) is 0 Å². The molecule has 108 valence electrons. The molecule has 1 aliphatic rings. The summed E-state index contributed by atoms with van der Waals surface area (Å²) in [5.74, 6) is -1.24. The van der Waals surface area contributed by atoms with Crippen molar-refractivity contribution in [3.05, 3.63) is 28.2 Å². The molecule has 1 aromatic carbocycles. The monoisotopic (exact) mass is 316 g/mol. The number of benzene rings is 1. The van der Waals surface area contributed by atoms with E-state index in [1.165, 1.54) is 0 Å². The van der Waals surface area contributed by atoms with Crippen LogP contribution in [0.15, 0.2) is 18.2 Å². The second-order valence-electron chi connectivity index (χ2n) is 4.68. The molecule has 0 bridgehead atoms. The summed E-state index contributed by atoms with van der Waals surface area (Å²) in [5, 5.41) is 12.1. The molecule has 1 amide bonds.